The molecule has 52 valence electrons. The van der Waals surface area contributed by atoms with Gasteiger partial charge in [-0.15, -0.1) is 0 Å². The van der Waals surface area contributed by atoms with E-state index in [1.54, 1.807) is 0 Å². The van der Waals surface area contributed by atoms with Crippen molar-refractivity contribution in [3.05, 3.63) is 11.6 Å². The molecule has 0 fully saturated rings. The number of hydrogen-bond donors (Lipinski definition) is 0. The second-order valence-electron chi connectivity index (χ2n) is 2.27. The zero-order valence-corrected chi connectivity index (χ0v) is 8.41. The molecule has 0 aromatic heterocycles. The monoisotopic (exact) mass is 255 g/mol. The van der Waals surface area contributed by atoms with E-state index in [0.717, 1.165) is 6.54 Å². The van der Waals surface area contributed by atoms with E-state index in [1.807, 2.05) is 9.12 Å². The van der Waals surface area contributed by atoms with Gasteiger partial charge >= 0.3 is 0 Å². The average molecular weight is 255 g/mol. The molecular formula is C6H10INS. The smallest absolute Gasteiger partial charge is 0.0304 e. The van der Waals surface area contributed by atoms with Crippen molar-refractivity contribution in [1.29, 1.82) is 0 Å². The van der Waals surface area contributed by atoms with E-state index in [9.17, 15) is 0 Å². The molecule has 0 atom stereocenters. The van der Waals surface area contributed by atoms with Crippen molar-refractivity contribution >= 4 is 30.3 Å². The van der Waals surface area contributed by atoms with Gasteiger partial charge in [-0.1, -0.05) is 11.6 Å². The Morgan fingerprint density at radius 2 is 2.56 bits per heavy atom. The predicted octanol–water partition coefficient (Wildman–Crippen LogP) is 2.64. The Labute approximate surface area is 72.6 Å². The van der Waals surface area contributed by atoms with Gasteiger partial charge in [0.15, 0.2) is 0 Å². The molecule has 0 bridgehead atoms. The summed E-state index contributed by atoms with van der Waals surface area (Å²) >= 11 is 2.33. The lowest BCUT2D eigenvalue weighted by molar-refractivity contribution is 0.500. The molecule has 3 heteroatoms. The largest absolute Gasteiger partial charge is 0.237 e. The molecular weight excluding hydrogens is 245 g/mol. The number of rotatable bonds is 1. The zero-order valence-electron chi connectivity index (χ0n) is 5.43. The normalized spacial score (nSPS) is 21.8. The second kappa shape index (κ2) is 3.83. The highest BCUT2D eigenvalue weighted by atomic mass is 127. The summed E-state index contributed by atoms with van der Waals surface area (Å²) in [5.74, 6) is 0. The van der Waals surface area contributed by atoms with Crippen LogP contribution in [0.5, 0.6) is 0 Å². The van der Waals surface area contributed by atoms with Crippen LogP contribution < -0.4 is 0 Å². The first kappa shape index (κ1) is 7.88. The van der Waals surface area contributed by atoms with Crippen molar-refractivity contribution in [2.75, 3.05) is 13.1 Å². The molecule has 1 aliphatic rings. The molecule has 9 heavy (non-hydrogen) atoms. The summed E-state index contributed by atoms with van der Waals surface area (Å²) in [6, 6.07) is 0. The first-order valence-electron chi connectivity index (χ1n) is 3.02. The Kier molecular flexibility index (Phi) is 3.35. The van der Waals surface area contributed by atoms with Gasteiger partial charge in [0.2, 0.25) is 0 Å². The molecule has 0 N–H and O–H groups in total. The van der Waals surface area contributed by atoms with E-state index in [4.69, 9.17) is 0 Å². The highest BCUT2D eigenvalue weighted by Gasteiger charge is 2.07. The minimum atomic E-state index is 1.15. The summed E-state index contributed by atoms with van der Waals surface area (Å²) in [5.41, 5.74) is 1.51. The van der Waals surface area contributed by atoms with Crippen LogP contribution in [0.2, 0.25) is 0 Å². The Hall–Kier alpha value is 0.780. The fraction of sp³-hybridized carbons (Fsp3) is 0.667. The van der Waals surface area contributed by atoms with Crippen molar-refractivity contribution in [2.24, 2.45) is 0 Å². The summed E-state index contributed by atoms with van der Waals surface area (Å²) in [5, 5.41) is 0. The molecule has 0 saturated heterocycles. The number of nitrogens with zero attached hydrogens (tertiary/aromatic N) is 1. The van der Waals surface area contributed by atoms with Gasteiger partial charge in [0, 0.05) is 34.3 Å². The molecule has 1 aliphatic heterocycles. The SMILES string of the molecule is CC1=CCCN(SI)C1. The van der Waals surface area contributed by atoms with Crippen molar-refractivity contribution < 1.29 is 0 Å². The average Bonchev–Trinajstić information content (AvgIpc) is 1.88. The van der Waals surface area contributed by atoms with Crippen LogP contribution >= 0.6 is 30.3 Å². The summed E-state index contributed by atoms with van der Waals surface area (Å²) in [6.07, 6.45) is 3.55. The van der Waals surface area contributed by atoms with E-state index < -0.39 is 0 Å². The quantitative estimate of drug-likeness (QED) is 0.402. The van der Waals surface area contributed by atoms with Crippen molar-refractivity contribution in [3.8, 4) is 0 Å². The fourth-order valence-corrected chi connectivity index (χ4v) is 2.37. The maximum atomic E-state index is 2.37. The summed E-state index contributed by atoms with van der Waals surface area (Å²) < 4.78 is 2.37. The minimum absolute atomic E-state index is 1.15. The van der Waals surface area contributed by atoms with Gasteiger partial charge < -0.3 is 0 Å². The molecule has 0 saturated carbocycles. The van der Waals surface area contributed by atoms with Crippen LogP contribution in [-0.2, 0) is 0 Å². The standard InChI is InChI=1S/C6H10INS/c1-6-3-2-4-8(5-6)9-7/h3H,2,4-5H2,1H3. The van der Waals surface area contributed by atoms with Crippen LogP contribution in [0, 0.1) is 0 Å². The van der Waals surface area contributed by atoms with Crippen LogP contribution in [0.3, 0.4) is 0 Å². The highest BCUT2D eigenvalue weighted by molar-refractivity contribution is 14.2. The van der Waals surface area contributed by atoms with Crippen LogP contribution in [0.4, 0.5) is 0 Å². The molecule has 1 rings (SSSR count). The Morgan fingerprint density at radius 3 is 3.00 bits per heavy atom. The molecule has 0 aliphatic carbocycles. The van der Waals surface area contributed by atoms with Gasteiger partial charge in [-0.2, -0.15) is 0 Å². The lowest BCUT2D eigenvalue weighted by Crippen LogP contribution is -2.20. The van der Waals surface area contributed by atoms with Gasteiger partial charge in [-0.25, -0.2) is 4.31 Å². The first-order chi connectivity index (χ1) is 4.33. The van der Waals surface area contributed by atoms with Gasteiger partial charge in [0.05, 0.1) is 0 Å². The minimum Gasteiger partial charge on any atom is -0.237 e. The maximum Gasteiger partial charge on any atom is 0.0304 e. The van der Waals surface area contributed by atoms with E-state index in [2.05, 4.69) is 38.5 Å². The number of hydrogen-bond acceptors (Lipinski definition) is 2. The van der Waals surface area contributed by atoms with E-state index in [1.165, 1.54) is 18.5 Å². The Bertz CT molecular complexity index is 124. The highest BCUT2D eigenvalue weighted by Crippen LogP contribution is 2.22. The molecule has 0 radical (unpaired) electrons. The first-order valence-corrected chi connectivity index (χ1v) is 6.34. The summed E-state index contributed by atoms with van der Waals surface area (Å²) in [7, 11) is 1.81. The maximum absolute atomic E-state index is 2.37. The van der Waals surface area contributed by atoms with E-state index in [0.29, 0.717) is 0 Å². The van der Waals surface area contributed by atoms with Crippen LogP contribution in [0.1, 0.15) is 13.3 Å². The summed E-state index contributed by atoms with van der Waals surface area (Å²) in [6.45, 7) is 4.55. The third-order valence-electron chi connectivity index (χ3n) is 1.39. The van der Waals surface area contributed by atoms with Gasteiger partial charge in [0.25, 0.3) is 0 Å². The Balaban J connectivity index is 2.39. The van der Waals surface area contributed by atoms with E-state index in [-0.39, 0.29) is 0 Å². The lowest BCUT2D eigenvalue weighted by atomic mass is 10.2. The molecule has 0 spiro atoms. The molecule has 0 unspecified atom stereocenters. The van der Waals surface area contributed by atoms with Gasteiger partial charge in [-0.05, 0) is 22.5 Å². The second-order valence-corrected chi connectivity index (χ2v) is 4.11. The van der Waals surface area contributed by atoms with Gasteiger partial charge in [-0.3, -0.25) is 0 Å². The van der Waals surface area contributed by atoms with Crippen molar-refractivity contribution in [1.82, 2.24) is 4.31 Å². The van der Waals surface area contributed by atoms with Crippen molar-refractivity contribution in [3.63, 3.8) is 0 Å². The van der Waals surface area contributed by atoms with Crippen molar-refractivity contribution in [2.45, 2.75) is 13.3 Å². The topological polar surface area (TPSA) is 3.24 Å². The molecule has 1 nitrogen and oxygen atoms in total. The fourth-order valence-electron chi connectivity index (χ4n) is 0.936. The van der Waals surface area contributed by atoms with Gasteiger partial charge in [0.1, 0.15) is 0 Å². The van der Waals surface area contributed by atoms with Crippen LogP contribution in [-0.4, -0.2) is 17.4 Å². The van der Waals surface area contributed by atoms with E-state index >= 15 is 0 Å². The summed E-state index contributed by atoms with van der Waals surface area (Å²) in [4.78, 5) is 0. The molecule has 1 heterocycles. The third-order valence-corrected chi connectivity index (χ3v) is 3.57. The molecule has 0 amide bonds. The van der Waals surface area contributed by atoms with Crippen LogP contribution in [0.25, 0.3) is 0 Å². The molecule has 0 aromatic carbocycles. The molecule has 0 aromatic rings. The number of halogens is 1. The predicted molar refractivity (Wildman–Crippen MR) is 51.6 cm³/mol. The lowest BCUT2D eigenvalue weighted by Gasteiger charge is -2.21. The Morgan fingerprint density at radius 1 is 1.78 bits per heavy atom. The zero-order chi connectivity index (χ0) is 6.69. The third kappa shape index (κ3) is 2.47. The van der Waals surface area contributed by atoms with Crippen LogP contribution in [0.15, 0.2) is 11.6 Å².